The van der Waals surface area contributed by atoms with E-state index in [0.29, 0.717) is 5.56 Å². The number of benzene rings is 1. The summed E-state index contributed by atoms with van der Waals surface area (Å²) in [7, 11) is 0. The molecule has 2 rings (SSSR count). The van der Waals surface area contributed by atoms with E-state index < -0.39 is 0 Å². The van der Waals surface area contributed by atoms with Gasteiger partial charge in [-0.1, -0.05) is 19.1 Å². The van der Waals surface area contributed by atoms with E-state index in [9.17, 15) is 0 Å². The topological polar surface area (TPSA) is 36.7 Å². The van der Waals surface area contributed by atoms with E-state index >= 15 is 0 Å². The molecule has 74 valence electrons. The molecule has 0 atom stereocenters. The maximum atomic E-state index is 8.68. The maximum absolute atomic E-state index is 8.68. The van der Waals surface area contributed by atoms with Crippen LogP contribution in [-0.2, 0) is 6.42 Å². The van der Waals surface area contributed by atoms with Crippen molar-refractivity contribution in [2.24, 2.45) is 0 Å². The first-order valence-electron chi connectivity index (χ1n) is 4.78. The highest BCUT2D eigenvalue weighted by molar-refractivity contribution is 7.09. The van der Waals surface area contributed by atoms with Crippen molar-refractivity contribution in [3.63, 3.8) is 0 Å². The molecular formula is C12H10N2S. The summed E-state index contributed by atoms with van der Waals surface area (Å²) in [4.78, 5) is 4.49. The summed E-state index contributed by atoms with van der Waals surface area (Å²) in [5, 5.41) is 11.9. The molecule has 2 aromatic rings. The van der Waals surface area contributed by atoms with Gasteiger partial charge in [0.2, 0.25) is 0 Å². The van der Waals surface area contributed by atoms with Crippen LogP contribution in [0.5, 0.6) is 0 Å². The van der Waals surface area contributed by atoms with Gasteiger partial charge in [-0.2, -0.15) is 5.26 Å². The molecule has 0 bridgehead atoms. The first-order valence-corrected chi connectivity index (χ1v) is 5.66. The summed E-state index contributed by atoms with van der Waals surface area (Å²) in [6.45, 7) is 2.10. The molecule has 1 aromatic carbocycles. The third kappa shape index (κ3) is 2.05. The average molecular weight is 214 g/mol. The van der Waals surface area contributed by atoms with Crippen LogP contribution in [0.1, 0.15) is 17.5 Å². The largest absolute Gasteiger partial charge is 0.241 e. The molecule has 1 aromatic heterocycles. The highest BCUT2D eigenvalue weighted by Gasteiger charge is 2.02. The molecule has 0 aliphatic rings. The highest BCUT2D eigenvalue weighted by atomic mass is 32.1. The van der Waals surface area contributed by atoms with Gasteiger partial charge in [0.05, 0.1) is 22.3 Å². The molecule has 0 fully saturated rings. The first-order chi connectivity index (χ1) is 7.33. The molecular weight excluding hydrogens is 204 g/mol. The van der Waals surface area contributed by atoms with Gasteiger partial charge < -0.3 is 0 Å². The lowest BCUT2D eigenvalue weighted by molar-refractivity contribution is 1.10. The SMILES string of the molecule is CCc1nc(-c2ccc(C#N)cc2)cs1. The molecule has 0 saturated heterocycles. The number of nitriles is 1. The van der Waals surface area contributed by atoms with Crippen molar-refractivity contribution in [1.29, 1.82) is 5.26 Å². The molecule has 1 heterocycles. The zero-order valence-electron chi connectivity index (χ0n) is 8.40. The second kappa shape index (κ2) is 4.24. The fourth-order valence-electron chi connectivity index (χ4n) is 1.32. The lowest BCUT2D eigenvalue weighted by Crippen LogP contribution is -1.81. The van der Waals surface area contributed by atoms with Crippen LogP contribution < -0.4 is 0 Å². The molecule has 0 radical (unpaired) electrons. The van der Waals surface area contributed by atoms with E-state index in [-0.39, 0.29) is 0 Å². The van der Waals surface area contributed by atoms with Gasteiger partial charge in [-0.05, 0) is 18.6 Å². The van der Waals surface area contributed by atoms with Crippen LogP contribution in [0.15, 0.2) is 29.6 Å². The Kier molecular flexibility index (Phi) is 2.79. The minimum atomic E-state index is 0.685. The number of aryl methyl sites for hydroxylation is 1. The normalized spacial score (nSPS) is 9.87. The minimum absolute atomic E-state index is 0.685. The van der Waals surface area contributed by atoms with Crippen LogP contribution in [0.25, 0.3) is 11.3 Å². The Morgan fingerprint density at radius 3 is 2.60 bits per heavy atom. The molecule has 0 unspecified atom stereocenters. The van der Waals surface area contributed by atoms with Crippen molar-refractivity contribution in [2.75, 3.05) is 0 Å². The van der Waals surface area contributed by atoms with E-state index in [1.165, 1.54) is 0 Å². The first kappa shape index (κ1) is 9.88. The number of nitrogens with zero attached hydrogens (tertiary/aromatic N) is 2. The Balaban J connectivity index is 2.33. The fourth-order valence-corrected chi connectivity index (χ4v) is 2.08. The summed E-state index contributed by atoms with van der Waals surface area (Å²) >= 11 is 1.68. The number of aromatic nitrogens is 1. The summed E-state index contributed by atoms with van der Waals surface area (Å²) < 4.78 is 0. The van der Waals surface area contributed by atoms with E-state index in [4.69, 9.17) is 5.26 Å². The zero-order valence-corrected chi connectivity index (χ0v) is 9.21. The Labute approximate surface area is 92.8 Å². The second-order valence-electron chi connectivity index (χ2n) is 3.17. The third-order valence-electron chi connectivity index (χ3n) is 2.16. The van der Waals surface area contributed by atoms with Gasteiger partial charge in [-0.25, -0.2) is 4.98 Å². The highest BCUT2D eigenvalue weighted by Crippen LogP contribution is 2.22. The zero-order chi connectivity index (χ0) is 10.7. The lowest BCUT2D eigenvalue weighted by Gasteiger charge is -1.95. The molecule has 0 aliphatic heterocycles. The average Bonchev–Trinajstić information content (AvgIpc) is 2.78. The maximum Gasteiger partial charge on any atom is 0.0991 e. The van der Waals surface area contributed by atoms with Gasteiger partial charge in [-0.3, -0.25) is 0 Å². The van der Waals surface area contributed by atoms with Crippen LogP contribution >= 0.6 is 11.3 Å². The molecule has 0 N–H and O–H groups in total. The predicted molar refractivity (Wildman–Crippen MR) is 61.6 cm³/mol. The monoisotopic (exact) mass is 214 g/mol. The smallest absolute Gasteiger partial charge is 0.0991 e. The summed E-state index contributed by atoms with van der Waals surface area (Å²) in [5.41, 5.74) is 2.76. The minimum Gasteiger partial charge on any atom is -0.241 e. The third-order valence-corrected chi connectivity index (χ3v) is 3.16. The van der Waals surface area contributed by atoms with Crippen molar-refractivity contribution < 1.29 is 0 Å². The summed E-state index contributed by atoms with van der Waals surface area (Å²) in [6.07, 6.45) is 0.973. The van der Waals surface area contributed by atoms with Gasteiger partial charge in [-0.15, -0.1) is 11.3 Å². The molecule has 0 aliphatic carbocycles. The van der Waals surface area contributed by atoms with Crippen LogP contribution in [0, 0.1) is 11.3 Å². The number of hydrogen-bond donors (Lipinski definition) is 0. The Morgan fingerprint density at radius 1 is 1.33 bits per heavy atom. The molecule has 15 heavy (non-hydrogen) atoms. The van der Waals surface area contributed by atoms with Gasteiger partial charge in [0.25, 0.3) is 0 Å². The van der Waals surface area contributed by atoms with E-state index in [1.807, 2.05) is 24.3 Å². The fraction of sp³-hybridized carbons (Fsp3) is 0.167. The predicted octanol–water partition coefficient (Wildman–Crippen LogP) is 3.24. The van der Waals surface area contributed by atoms with Crippen LogP contribution in [0.3, 0.4) is 0 Å². The number of hydrogen-bond acceptors (Lipinski definition) is 3. The summed E-state index contributed by atoms with van der Waals surface area (Å²) in [5.74, 6) is 0. The van der Waals surface area contributed by atoms with Crippen molar-refractivity contribution >= 4 is 11.3 Å². The van der Waals surface area contributed by atoms with Crippen molar-refractivity contribution in [1.82, 2.24) is 4.98 Å². The van der Waals surface area contributed by atoms with Crippen molar-refractivity contribution in [2.45, 2.75) is 13.3 Å². The van der Waals surface area contributed by atoms with Gasteiger partial charge >= 0.3 is 0 Å². The molecule has 0 saturated carbocycles. The quantitative estimate of drug-likeness (QED) is 0.769. The van der Waals surface area contributed by atoms with Gasteiger partial charge in [0, 0.05) is 10.9 Å². The molecule has 0 spiro atoms. The standard InChI is InChI=1S/C12H10N2S/c1-2-12-14-11(8-15-12)10-5-3-9(7-13)4-6-10/h3-6,8H,2H2,1H3. The van der Waals surface area contributed by atoms with Crippen molar-refractivity contribution in [3.8, 4) is 17.3 Å². The van der Waals surface area contributed by atoms with Crippen LogP contribution in [-0.4, -0.2) is 4.98 Å². The Morgan fingerprint density at radius 2 is 2.07 bits per heavy atom. The summed E-state index contributed by atoms with van der Waals surface area (Å²) in [6, 6.07) is 9.62. The number of rotatable bonds is 2. The van der Waals surface area contributed by atoms with Crippen molar-refractivity contribution in [3.05, 3.63) is 40.2 Å². The molecule has 2 nitrogen and oxygen atoms in total. The Bertz CT molecular complexity index is 491. The Hall–Kier alpha value is -1.66. The van der Waals surface area contributed by atoms with E-state index in [0.717, 1.165) is 22.7 Å². The molecule has 0 amide bonds. The van der Waals surface area contributed by atoms with Gasteiger partial charge in [0.15, 0.2) is 0 Å². The van der Waals surface area contributed by atoms with E-state index in [1.54, 1.807) is 11.3 Å². The lowest BCUT2D eigenvalue weighted by atomic mass is 10.1. The number of thiazole rings is 1. The van der Waals surface area contributed by atoms with Gasteiger partial charge in [0.1, 0.15) is 0 Å². The van der Waals surface area contributed by atoms with Crippen LogP contribution in [0.2, 0.25) is 0 Å². The second-order valence-corrected chi connectivity index (χ2v) is 4.11. The molecule has 3 heteroatoms. The van der Waals surface area contributed by atoms with E-state index in [2.05, 4.69) is 23.4 Å². The van der Waals surface area contributed by atoms with Crippen LogP contribution in [0.4, 0.5) is 0 Å².